The summed E-state index contributed by atoms with van der Waals surface area (Å²) in [4.78, 5) is 34.2. The van der Waals surface area contributed by atoms with Gasteiger partial charge in [-0.15, -0.1) is 0 Å². The molecule has 0 saturated carbocycles. The van der Waals surface area contributed by atoms with Crippen molar-refractivity contribution in [3.05, 3.63) is 39.9 Å². The maximum absolute atomic E-state index is 12.1. The molecule has 0 unspecified atom stereocenters. The van der Waals surface area contributed by atoms with E-state index in [9.17, 15) is 19.7 Å². The highest BCUT2D eigenvalue weighted by molar-refractivity contribution is 5.94. The molecule has 1 aromatic carbocycles. The van der Waals surface area contributed by atoms with E-state index in [2.05, 4.69) is 5.32 Å². The molecule has 2 fully saturated rings. The minimum atomic E-state index is -0.796. The topological polar surface area (TPSA) is 98.5 Å². The molecule has 2 bridgehead atoms. The van der Waals surface area contributed by atoms with Crippen molar-refractivity contribution in [2.75, 3.05) is 0 Å². The molecule has 2 heterocycles. The highest BCUT2D eigenvalue weighted by Crippen LogP contribution is 2.27. The third kappa shape index (κ3) is 2.64. The van der Waals surface area contributed by atoms with Crippen LogP contribution in [0.15, 0.2) is 24.3 Å². The van der Waals surface area contributed by atoms with E-state index >= 15 is 0 Å². The number of rotatable bonds is 3. The van der Waals surface area contributed by atoms with E-state index in [0.717, 1.165) is 18.9 Å². The van der Waals surface area contributed by atoms with Gasteiger partial charge < -0.3 is 10.1 Å². The summed E-state index contributed by atoms with van der Waals surface area (Å²) in [5.74, 6) is -0.788. The van der Waals surface area contributed by atoms with Gasteiger partial charge in [-0.25, -0.2) is 4.79 Å². The van der Waals surface area contributed by atoms with Crippen LogP contribution in [0.2, 0.25) is 0 Å². The van der Waals surface area contributed by atoms with E-state index in [1.807, 2.05) is 0 Å². The van der Waals surface area contributed by atoms with Crippen molar-refractivity contribution in [3.8, 4) is 0 Å². The number of carbonyl (C=O) groups is 2. The number of fused-ring (bicyclic) bond motifs is 2. The van der Waals surface area contributed by atoms with Gasteiger partial charge in [-0.05, 0) is 18.9 Å². The summed E-state index contributed by atoms with van der Waals surface area (Å²) in [6.07, 6.45) is 1.27. The monoisotopic (exact) mass is 290 g/mol. The first-order chi connectivity index (χ1) is 10.0. The van der Waals surface area contributed by atoms with Crippen LogP contribution in [0.3, 0.4) is 0 Å². The lowest BCUT2D eigenvalue weighted by atomic mass is 10.0. The zero-order chi connectivity index (χ0) is 15.0. The van der Waals surface area contributed by atoms with Crippen LogP contribution in [0.1, 0.15) is 29.6 Å². The summed E-state index contributed by atoms with van der Waals surface area (Å²) in [5, 5.41) is 14.0. The minimum Gasteiger partial charge on any atom is -0.449 e. The number of ketones is 1. The van der Waals surface area contributed by atoms with Crippen LogP contribution in [-0.4, -0.2) is 34.9 Å². The van der Waals surface area contributed by atoms with Crippen molar-refractivity contribution in [1.29, 1.82) is 0 Å². The van der Waals surface area contributed by atoms with Crippen LogP contribution in [0.4, 0.5) is 5.69 Å². The number of esters is 1. The van der Waals surface area contributed by atoms with Gasteiger partial charge in [0.15, 0.2) is 11.9 Å². The largest absolute Gasteiger partial charge is 0.449 e. The Bertz CT molecular complexity index is 615. The number of Topliss-reactive ketones (excluding diaryl/α,β-unsaturated/α-hetero) is 1. The molecule has 2 aliphatic rings. The summed E-state index contributed by atoms with van der Waals surface area (Å²) >= 11 is 0. The SMILES string of the molecule is O=C(O[C@H]1C(=O)C[C@@H]2CC[C@H]1N2)c1cccc([N+](=O)[O-])c1. The van der Waals surface area contributed by atoms with Crippen molar-refractivity contribution < 1.29 is 19.2 Å². The number of carbonyl (C=O) groups excluding carboxylic acids is 2. The van der Waals surface area contributed by atoms with Gasteiger partial charge in [-0.2, -0.15) is 0 Å². The second-order valence-corrected chi connectivity index (χ2v) is 5.35. The first-order valence-corrected chi connectivity index (χ1v) is 6.79. The Morgan fingerprint density at radius 1 is 1.38 bits per heavy atom. The van der Waals surface area contributed by atoms with Crippen LogP contribution in [0, 0.1) is 10.1 Å². The van der Waals surface area contributed by atoms with Crippen molar-refractivity contribution in [3.63, 3.8) is 0 Å². The third-order valence-electron chi connectivity index (χ3n) is 3.93. The maximum atomic E-state index is 12.1. The zero-order valence-corrected chi connectivity index (χ0v) is 11.2. The van der Waals surface area contributed by atoms with Crippen LogP contribution in [0.25, 0.3) is 0 Å². The average molecular weight is 290 g/mol. The quantitative estimate of drug-likeness (QED) is 0.510. The number of hydrogen-bond donors (Lipinski definition) is 1. The van der Waals surface area contributed by atoms with Crippen LogP contribution in [0.5, 0.6) is 0 Å². The highest BCUT2D eigenvalue weighted by atomic mass is 16.6. The molecule has 0 aromatic heterocycles. The molecule has 7 heteroatoms. The number of piperidine rings is 1. The Morgan fingerprint density at radius 2 is 2.19 bits per heavy atom. The van der Waals surface area contributed by atoms with Gasteiger partial charge in [0, 0.05) is 24.6 Å². The first kappa shape index (κ1) is 13.7. The van der Waals surface area contributed by atoms with Crippen molar-refractivity contribution >= 4 is 17.4 Å². The van der Waals surface area contributed by atoms with Crippen molar-refractivity contribution in [2.45, 2.75) is 37.5 Å². The summed E-state index contributed by atoms with van der Waals surface area (Å²) in [5.41, 5.74) is -0.101. The predicted molar refractivity (Wildman–Crippen MR) is 71.9 cm³/mol. The lowest BCUT2D eigenvalue weighted by molar-refractivity contribution is -0.384. The number of nitrogens with zero attached hydrogens (tertiary/aromatic N) is 1. The van der Waals surface area contributed by atoms with E-state index in [4.69, 9.17) is 4.74 Å². The van der Waals surface area contributed by atoms with Crippen molar-refractivity contribution in [2.24, 2.45) is 0 Å². The van der Waals surface area contributed by atoms with Gasteiger partial charge in [-0.1, -0.05) is 6.07 Å². The van der Waals surface area contributed by atoms with Gasteiger partial charge in [0.25, 0.3) is 5.69 Å². The van der Waals surface area contributed by atoms with E-state index in [0.29, 0.717) is 6.42 Å². The number of ether oxygens (including phenoxy) is 1. The summed E-state index contributed by atoms with van der Waals surface area (Å²) in [6.45, 7) is 0. The molecule has 7 nitrogen and oxygen atoms in total. The van der Waals surface area contributed by atoms with Gasteiger partial charge in [0.05, 0.1) is 16.5 Å². The molecule has 110 valence electrons. The molecule has 0 aliphatic carbocycles. The predicted octanol–water partition coefficient (Wildman–Crippen LogP) is 1.21. The number of nitro benzene ring substituents is 1. The van der Waals surface area contributed by atoms with Gasteiger partial charge in [0.1, 0.15) is 0 Å². The average Bonchev–Trinajstić information content (AvgIpc) is 2.86. The number of nitro groups is 1. The fourth-order valence-electron chi connectivity index (χ4n) is 2.91. The molecule has 3 rings (SSSR count). The number of benzene rings is 1. The molecular weight excluding hydrogens is 276 g/mol. The highest BCUT2D eigenvalue weighted by Gasteiger charge is 2.43. The van der Waals surface area contributed by atoms with Crippen LogP contribution < -0.4 is 5.32 Å². The molecule has 0 spiro atoms. The van der Waals surface area contributed by atoms with Crippen LogP contribution >= 0.6 is 0 Å². The first-order valence-electron chi connectivity index (χ1n) is 6.79. The summed E-state index contributed by atoms with van der Waals surface area (Å²) in [7, 11) is 0. The zero-order valence-electron chi connectivity index (χ0n) is 11.2. The Balaban J connectivity index is 1.75. The third-order valence-corrected chi connectivity index (χ3v) is 3.93. The molecular formula is C14H14N2O5. The lowest BCUT2D eigenvalue weighted by Gasteiger charge is -2.28. The minimum absolute atomic E-state index is 0.0807. The van der Waals surface area contributed by atoms with E-state index in [1.165, 1.54) is 18.2 Å². The Hall–Kier alpha value is -2.28. The van der Waals surface area contributed by atoms with E-state index in [-0.39, 0.29) is 29.1 Å². The number of non-ortho nitro benzene ring substituents is 1. The van der Waals surface area contributed by atoms with E-state index in [1.54, 1.807) is 0 Å². The molecule has 21 heavy (non-hydrogen) atoms. The molecule has 2 aliphatic heterocycles. The van der Waals surface area contributed by atoms with Gasteiger partial charge in [0.2, 0.25) is 0 Å². The molecule has 1 aromatic rings. The molecule has 0 radical (unpaired) electrons. The Kier molecular flexibility index (Phi) is 3.42. The lowest BCUT2D eigenvalue weighted by Crippen LogP contribution is -2.51. The second kappa shape index (κ2) is 5.25. The normalized spacial score (nSPS) is 27.4. The molecule has 0 amide bonds. The maximum Gasteiger partial charge on any atom is 0.339 e. The summed E-state index contributed by atoms with van der Waals surface area (Å²) < 4.78 is 5.28. The fourth-order valence-corrected chi connectivity index (χ4v) is 2.91. The second-order valence-electron chi connectivity index (χ2n) is 5.35. The Morgan fingerprint density at radius 3 is 2.95 bits per heavy atom. The number of nitrogens with one attached hydrogen (secondary N) is 1. The number of hydrogen-bond acceptors (Lipinski definition) is 6. The molecule has 3 atom stereocenters. The van der Waals surface area contributed by atoms with Crippen molar-refractivity contribution in [1.82, 2.24) is 5.32 Å². The van der Waals surface area contributed by atoms with E-state index < -0.39 is 17.0 Å². The summed E-state index contributed by atoms with van der Waals surface area (Å²) in [6, 6.07) is 5.36. The van der Waals surface area contributed by atoms with Gasteiger partial charge in [-0.3, -0.25) is 14.9 Å². The smallest absolute Gasteiger partial charge is 0.339 e. The van der Waals surface area contributed by atoms with Crippen LogP contribution in [-0.2, 0) is 9.53 Å². The standard InChI is InChI=1S/C14H14N2O5/c17-12-7-9-4-5-11(15-9)13(12)21-14(18)8-2-1-3-10(6-8)16(19)20/h1-3,6,9,11,13,15H,4-5,7H2/t9-,11+,13+/m0/s1. The molecule has 2 saturated heterocycles. The Labute approximate surface area is 120 Å². The molecule has 1 N–H and O–H groups in total. The van der Waals surface area contributed by atoms with Gasteiger partial charge >= 0.3 is 5.97 Å². The fraction of sp³-hybridized carbons (Fsp3) is 0.429.